The van der Waals surface area contributed by atoms with Crippen LogP contribution in [-0.4, -0.2) is 35.9 Å². The molecule has 0 atom stereocenters. The third kappa shape index (κ3) is 4.22. The molecule has 7 heteroatoms. The van der Waals surface area contributed by atoms with Crippen LogP contribution in [0.1, 0.15) is 31.9 Å². The summed E-state index contributed by atoms with van der Waals surface area (Å²) >= 11 is 0. The first-order valence-electron chi connectivity index (χ1n) is 10.6. The van der Waals surface area contributed by atoms with Crippen LogP contribution in [-0.2, 0) is 6.54 Å². The van der Waals surface area contributed by atoms with E-state index in [2.05, 4.69) is 40.4 Å². The summed E-state index contributed by atoms with van der Waals surface area (Å²) in [6.07, 6.45) is 1.52. The maximum absolute atomic E-state index is 5.96. The van der Waals surface area contributed by atoms with E-state index in [4.69, 9.17) is 9.15 Å². The predicted octanol–water partition coefficient (Wildman–Crippen LogP) is 3.65. The van der Waals surface area contributed by atoms with E-state index < -0.39 is 0 Å². The summed E-state index contributed by atoms with van der Waals surface area (Å²) in [6.45, 7) is 9.42. The third-order valence-electron chi connectivity index (χ3n) is 5.63. The Hall–Kier alpha value is -3.45. The molecular weight excluding hydrogens is 390 g/mol. The maximum atomic E-state index is 5.96. The summed E-state index contributed by atoms with van der Waals surface area (Å²) in [5.41, 5.74) is 8.27. The van der Waals surface area contributed by atoms with Crippen molar-refractivity contribution in [1.82, 2.24) is 9.97 Å². The fourth-order valence-electron chi connectivity index (χ4n) is 3.72. The minimum Gasteiger partial charge on any atom is -0.496 e. The number of benzene rings is 2. The van der Waals surface area contributed by atoms with Crippen LogP contribution < -0.4 is 15.1 Å². The zero-order valence-electron chi connectivity index (χ0n) is 18.4. The second kappa shape index (κ2) is 9.14. The number of rotatable bonds is 8. The number of hydrogen-bond donors (Lipinski definition) is 2. The number of hydrazone groups is 1. The molecule has 2 heterocycles. The van der Waals surface area contributed by atoms with Gasteiger partial charge in [0.15, 0.2) is 11.4 Å². The van der Waals surface area contributed by atoms with E-state index >= 15 is 0 Å². The number of methoxy groups -OCH3 is 1. The van der Waals surface area contributed by atoms with Crippen LogP contribution in [0.2, 0.25) is 0 Å². The molecule has 7 nitrogen and oxygen atoms in total. The Morgan fingerprint density at radius 2 is 1.94 bits per heavy atom. The van der Waals surface area contributed by atoms with Gasteiger partial charge in [-0.15, -0.1) is 0 Å². The second-order valence-electron chi connectivity index (χ2n) is 7.47. The molecule has 0 unspecified atom stereocenters. The molecule has 4 rings (SSSR count). The standard InChI is InChI=1S/C24H27N5O2/c1-5-29(6-2)14-18-13-17(11-12-20(18)30-4)16(3)27-28-24-23-22(25-15-26-24)19-9-7-8-10-21(19)31-23/h7-13,15H,5-6,14H2,1-4H3,(H,25,26,28)/p+1/b27-16-. The molecule has 0 fully saturated rings. The largest absolute Gasteiger partial charge is 0.496 e. The van der Waals surface area contributed by atoms with Crippen molar-refractivity contribution in [3.05, 3.63) is 59.9 Å². The van der Waals surface area contributed by atoms with E-state index in [0.717, 1.165) is 53.1 Å². The highest BCUT2D eigenvalue weighted by Crippen LogP contribution is 2.30. The monoisotopic (exact) mass is 418 g/mol. The molecule has 2 aromatic carbocycles. The summed E-state index contributed by atoms with van der Waals surface area (Å²) in [4.78, 5) is 10.2. The van der Waals surface area contributed by atoms with Crippen LogP contribution >= 0.6 is 0 Å². The van der Waals surface area contributed by atoms with Crippen LogP contribution in [0.15, 0.2) is 58.3 Å². The number of anilines is 1. The first kappa shape index (κ1) is 20.8. The highest BCUT2D eigenvalue weighted by atomic mass is 16.5. The molecule has 160 valence electrons. The molecule has 2 aromatic heterocycles. The van der Waals surface area contributed by atoms with Crippen molar-refractivity contribution < 1.29 is 14.1 Å². The van der Waals surface area contributed by atoms with Crippen molar-refractivity contribution in [2.45, 2.75) is 27.3 Å². The molecule has 0 spiro atoms. The van der Waals surface area contributed by atoms with Gasteiger partial charge in [0.2, 0.25) is 0 Å². The van der Waals surface area contributed by atoms with Gasteiger partial charge in [-0.25, -0.2) is 9.97 Å². The lowest BCUT2D eigenvalue weighted by atomic mass is 10.1. The fraction of sp³-hybridized carbons (Fsp3) is 0.292. The highest BCUT2D eigenvalue weighted by molar-refractivity contribution is 6.05. The molecule has 2 N–H and O–H groups in total. The number of aromatic nitrogens is 2. The van der Waals surface area contributed by atoms with Gasteiger partial charge >= 0.3 is 0 Å². The molecule has 0 bridgehead atoms. The lowest BCUT2D eigenvalue weighted by molar-refractivity contribution is -0.910. The molecule has 0 radical (unpaired) electrons. The summed E-state index contributed by atoms with van der Waals surface area (Å²) in [5, 5.41) is 5.53. The average Bonchev–Trinajstić information content (AvgIpc) is 3.20. The van der Waals surface area contributed by atoms with Gasteiger partial charge in [0.1, 0.15) is 29.7 Å². The lowest BCUT2D eigenvalue weighted by Gasteiger charge is -2.18. The number of furan rings is 1. The van der Waals surface area contributed by atoms with Crippen molar-refractivity contribution in [1.29, 1.82) is 0 Å². The smallest absolute Gasteiger partial charge is 0.197 e. The first-order valence-corrected chi connectivity index (χ1v) is 10.6. The summed E-state index contributed by atoms with van der Waals surface area (Å²) in [7, 11) is 1.71. The van der Waals surface area contributed by atoms with E-state index in [-0.39, 0.29) is 0 Å². The number of nitrogens with zero attached hydrogens (tertiary/aromatic N) is 3. The molecular formula is C24H28N5O2+. The van der Waals surface area contributed by atoms with E-state index in [0.29, 0.717) is 11.4 Å². The Kier molecular flexibility index (Phi) is 6.13. The summed E-state index contributed by atoms with van der Waals surface area (Å²) < 4.78 is 11.5. The van der Waals surface area contributed by atoms with E-state index in [1.54, 1.807) is 7.11 Å². The van der Waals surface area contributed by atoms with Crippen molar-refractivity contribution in [3.63, 3.8) is 0 Å². The van der Waals surface area contributed by atoms with Gasteiger partial charge in [0.05, 0.1) is 25.9 Å². The Morgan fingerprint density at radius 1 is 1.13 bits per heavy atom. The van der Waals surface area contributed by atoms with Crippen LogP contribution in [0.25, 0.3) is 22.1 Å². The Labute approximate surface area is 181 Å². The first-order chi connectivity index (χ1) is 15.1. The van der Waals surface area contributed by atoms with Gasteiger partial charge < -0.3 is 14.1 Å². The van der Waals surface area contributed by atoms with Gasteiger partial charge in [-0.05, 0) is 56.7 Å². The minimum absolute atomic E-state index is 0.543. The van der Waals surface area contributed by atoms with Gasteiger partial charge in [0, 0.05) is 10.9 Å². The Balaban J connectivity index is 1.63. The molecule has 0 aliphatic rings. The summed E-state index contributed by atoms with van der Waals surface area (Å²) in [6, 6.07) is 14.0. The molecule has 31 heavy (non-hydrogen) atoms. The second-order valence-corrected chi connectivity index (χ2v) is 7.47. The van der Waals surface area contributed by atoms with Gasteiger partial charge in [-0.1, -0.05) is 12.1 Å². The Morgan fingerprint density at radius 3 is 2.71 bits per heavy atom. The molecule has 0 aliphatic carbocycles. The normalized spacial score (nSPS) is 12.1. The topological polar surface area (TPSA) is 77.0 Å². The number of para-hydroxylation sites is 1. The fourth-order valence-corrected chi connectivity index (χ4v) is 3.72. The average molecular weight is 419 g/mol. The molecule has 0 saturated heterocycles. The van der Waals surface area contributed by atoms with Crippen molar-refractivity contribution >= 4 is 33.6 Å². The summed E-state index contributed by atoms with van der Waals surface area (Å²) in [5.74, 6) is 1.45. The number of nitrogens with one attached hydrogen (secondary N) is 2. The highest BCUT2D eigenvalue weighted by Gasteiger charge is 2.14. The van der Waals surface area contributed by atoms with Gasteiger partial charge in [0.25, 0.3) is 0 Å². The molecule has 0 aliphatic heterocycles. The Bertz CT molecular complexity index is 1230. The quantitative estimate of drug-likeness (QED) is 0.337. The SMILES string of the molecule is CC[NH+](CC)Cc1cc(/C(C)=N\Nc2ncnc3c2oc2ccccc23)ccc1OC. The number of hydrogen-bond acceptors (Lipinski definition) is 6. The maximum Gasteiger partial charge on any atom is 0.197 e. The van der Waals surface area contributed by atoms with E-state index in [1.807, 2.05) is 43.3 Å². The van der Waals surface area contributed by atoms with Crippen LogP contribution in [0.4, 0.5) is 5.82 Å². The van der Waals surface area contributed by atoms with Gasteiger partial charge in [-0.2, -0.15) is 5.10 Å². The molecule has 0 saturated carbocycles. The van der Waals surface area contributed by atoms with Crippen molar-refractivity contribution in [2.75, 3.05) is 25.6 Å². The lowest BCUT2D eigenvalue weighted by Crippen LogP contribution is -3.10. The van der Waals surface area contributed by atoms with Crippen LogP contribution in [0.5, 0.6) is 5.75 Å². The van der Waals surface area contributed by atoms with E-state index in [1.165, 1.54) is 16.8 Å². The zero-order chi connectivity index (χ0) is 21.8. The number of ether oxygens (including phenoxy) is 1. The van der Waals surface area contributed by atoms with Crippen molar-refractivity contribution in [3.8, 4) is 5.75 Å². The van der Waals surface area contributed by atoms with Gasteiger partial charge in [-0.3, -0.25) is 5.43 Å². The third-order valence-corrected chi connectivity index (χ3v) is 5.63. The number of fused-ring (bicyclic) bond motifs is 3. The number of quaternary nitrogens is 1. The van der Waals surface area contributed by atoms with Crippen LogP contribution in [0, 0.1) is 0 Å². The molecule has 0 amide bonds. The van der Waals surface area contributed by atoms with E-state index in [9.17, 15) is 0 Å². The minimum atomic E-state index is 0.543. The predicted molar refractivity (Wildman–Crippen MR) is 124 cm³/mol. The van der Waals surface area contributed by atoms with Crippen molar-refractivity contribution in [2.24, 2.45) is 5.10 Å². The molecule has 4 aromatic rings. The van der Waals surface area contributed by atoms with Crippen LogP contribution in [0.3, 0.4) is 0 Å². The zero-order valence-corrected chi connectivity index (χ0v) is 18.4.